The Hall–Kier alpha value is -3.11. The Balaban J connectivity index is 1.93. The standard InChI is InChI=1S/C21H16ClF3N2O4S/c1-10-4-5-17(19(25)18(10)24)31-21-15(22)7-12(9-26-21)13-8-16(23)14(6-11(13)2)20(28)27-32(3,29)30/h4-9H,1-3H3,(H,27,28). The molecule has 0 fully saturated rings. The normalized spacial score (nSPS) is 11.3. The van der Waals surface area contributed by atoms with Crippen molar-refractivity contribution >= 4 is 27.5 Å². The first-order valence-electron chi connectivity index (χ1n) is 8.98. The molecule has 1 amide bonds. The average molecular weight is 485 g/mol. The molecule has 3 rings (SSSR count). The highest BCUT2D eigenvalue weighted by molar-refractivity contribution is 7.89. The highest BCUT2D eigenvalue weighted by atomic mass is 35.5. The number of benzene rings is 2. The number of aromatic nitrogens is 1. The fourth-order valence-electron chi connectivity index (χ4n) is 2.85. The minimum absolute atomic E-state index is 0.0541. The van der Waals surface area contributed by atoms with E-state index in [0.29, 0.717) is 16.7 Å². The van der Waals surface area contributed by atoms with E-state index in [-0.39, 0.29) is 16.5 Å². The van der Waals surface area contributed by atoms with Crippen molar-refractivity contribution in [3.63, 3.8) is 0 Å². The van der Waals surface area contributed by atoms with Crippen LogP contribution in [0.1, 0.15) is 21.5 Å². The summed E-state index contributed by atoms with van der Waals surface area (Å²) in [5, 5.41) is -0.0541. The van der Waals surface area contributed by atoms with Gasteiger partial charge in [-0.3, -0.25) is 4.79 Å². The second kappa shape index (κ2) is 8.79. The molecule has 3 aromatic rings. The van der Waals surface area contributed by atoms with E-state index in [1.54, 1.807) is 11.6 Å². The van der Waals surface area contributed by atoms with Crippen LogP contribution in [0.3, 0.4) is 0 Å². The zero-order chi connectivity index (χ0) is 23.8. The van der Waals surface area contributed by atoms with Crippen LogP contribution in [0.25, 0.3) is 11.1 Å². The number of hydrogen-bond acceptors (Lipinski definition) is 5. The molecule has 1 heterocycles. The number of nitrogens with one attached hydrogen (secondary N) is 1. The van der Waals surface area contributed by atoms with Crippen LogP contribution in [0, 0.1) is 31.3 Å². The number of hydrogen-bond donors (Lipinski definition) is 1. The van der Waals surface area contributed by atoms with Crippen LogP contribution in [0.5, 0.6) is 11.6 Å². The van der Waals surface area contributed by atoms with Gasteiger partial charge in [0.1, 0.15) is 10.8 Å². The molecule has 168 valence electrons. The number of carbonyl (C=O) groups excluding carboxylic acids is 1. The van der Waals surface area contributed by atoms with Crippen molar-refractivity contribution in [2.24, 2.45) is 0 Å². The van der Waals surface area contributed by atoms with Crippen molar-refractivity contribution in [3.8, 4) is 22.8 Å². The highest BCUT2D eigenvalue weighted by Gasteiger charge is 2.19. The molecule has 0 radical (unpaired) electrons. The minimum Gasteiger partial charge on any atom is -0.434 e. The Morgan fingerprint density at radius 3 is 2.38 bits per heavy atom. The lowest BCUT2D eigenvalue weighted by Gasteiger charge is -2.12. The Morgan fingerprint density at radius 2 is 1.75 bits per heavy atom. The molecule has 32 heavy (non-hydrogen) atoms. The average Bonchev–Trinajstić information content (AvgIpc) is 2.69. The Bertz CT molecular complexity index is 1350. The summed E-state index contributed by atoms with van der Waals surface area (Å²) in [6.07, 6.45) is 2.06. The molecule has 6 nitrogen and oxygen atoms in total. The number of halogens is 4. The zero-order valence-electron chi connectivity index (χ0n) is 17.0. The number of ether oxygens (including phenoxy) is 1. The van der Waals surface area contributed by atoms with Gasteiger partial charge in [0.25, 0.3) is 5.91 Å². The lowest BCUT2D eigenvalue weighted by Crippen LogP contribution is -2.30. The van der Waals surface area contributed by atoms with Crippen molar-refractivity contribution in [2.45, 2.75) is 13.8 Å². The first-order chi connectivity index (χ1) is 14.9. The molecule has 2 aromatic carbocycles. The maximum absolute atomic E-state index is 14.5. The van der Waals surface area contributed by atoms with E-state index >= 15 is 0 Å². The Kier molecular flexibility index (Phi) is 6.47. The third kappa shape index (κ3) is 5.03. The van der Waals surface area contributed by atoms with Gasteiger partial charge in [0.2, 0.25) is 21.7 Å². The number of carbonyl (C=O) groups is 1. The van der Waals surface area contributed by atoms with Gasteiger partial charge in [-0.05, 0) is 54.8 Å². The van der Waals surface area contributed by atoms with Crippen LogP contribution >= 0.6 is 11.6 Å². The molecule has 0 saturated carbocycles. The van der Waals surface area contributed by atoms with Gasteiger partial charge in [0.05, 0.1) is 11.8 Å². The van der Waals surface area contributed by atoms with Gasteiger partial charge in [0.15, 0.2) is 11.6 Å². The predicted octanol–water partition coefficient (Wildman–Crippen LogP) is 4.92. The van der Waals surface area contributed by atoms with E-state index in [1.165, 1.54) is 37.4 Å². The molecule has 0 unspecified atom stereocenters. The van der Waals surface area contributed by atoms with E-state index in [2.05, 4.69) is 4.98 Å². The van der Waals surface area contributed by atoms with Gasteiger partial charge < -0.3 is 4.74 Å². The second-order valence-corrected chi connectivity index (χ2v) is 9.13. The van der Waals surface area contributed by atoms with Crippen LogP contribution < -0.4 is 9.46 Å². The van der Waals surface area contributed by atoms with Gasteiger partial charge in [-0.15, -0.1) is 0 Å². The maximum atomic E-state index is 14.5. The summed E-state index contributed by atoms with van der Waals surface area (Å²) >= 11 is 6.17. The van der Waals surface area contributed by atoms with Gasteiger partial charge in [-0.25, -0.2) is 26.9 Å². The highest BCUT2D eigenvalue weighted by Crippen LogP contribution is 2.34. The summed E-state index contributed by atoms with van der Waals surface area (Å²) in [5.41, 5.74) is 0.766. The first-order valence-corrected chi connectivity index (χ1v) is 11.2. The number of rotatable bonds is 5. The molecule has 0 saturated heterocycles. The molecule has 0 bridgehead atoms. The zero-order valence-corrected chi connectivity index (χ0v) is 18.5. The summed E-state index contributed by atoms with van der Waals surface area (Å²) in [5.74, 6) is -4.90. The smallest absolute Gasteiger partial charge is 0.267 e. The molecule has 1 N–H and O–H groups in total. The van der Waals surface area contributed by atoms with Crippen LogP contribution in [0.15, 0.2) is 36.5 Å². The Morgan fingerprint density at radius 1 is 1.06 bits per heavy atom. The lowest BCUT2D eigenvalue weighted by molar-refractivity contribution is 0.0977. The number of nitrogens with zero attached hydrogens (tertiary/aromatic N) is 1. The first kappa shape index (κ1) is 23.6. The van der Waals surface area contributed by atoms with Gasteiger partial charge in [-0.2, -0.15) is 4.39 Å². The molecule has 0 aliphatic rings. The fourth-order valence-corrected chi connectivity index (χ4v) is 3.50. The maximum Gasteiger partial charge on any atom is 0.267 e. The monoisotopic (exact) mass is 484 g/mol. The molecule has 0 spiro atoms. The third-order valence-electron chi connectivity index (χ3n) is 4.40. The molecule has 11 heteroatoms. The van der Waals surface area contributed by atoms with Crippen molar-refractivity contribution in [3.05, 3.63) is 75.7 Å². The quantitative estimate of drug-likeness (QED) is 0.555. The number of sulfonamides is 1. The third-order valence-corrected chi connectivity index (χ3v) is 5.23. The molecule has 0 aliphatic carbocycles. The van der Waals surface area contributed by atoms with Gasteiger partial charge in [0, 0.05) is 11.8 Å². The summed E-state index contributed by atoms with van der Waals surface area (Å²) < 4.78 is 71.7. The van der Waals surface area contributed by atoms with Crippen molar-refractivity contribution in [1.82, 2.24) is 9.71 Å². The second-order valence-electron chi connectivity index (χ2n) is 6.97. The summed E-state index contributed by atoms with van der Waals surface area (Å²) in [6.45, 7) is 2.98. The number of pyridine rings is 1. The fraction of sp³-hybridized carbons (Fsp3) is 0.143. The van der Waals surface area contributed by atoms with Crippen molar-refractivity contribution < 1.29 is 31.1 Å². The number of amides is 1. The van der Waals surface area contributed by atoms with E-state index in [1.807, 2.05) is 0 Å². The SMILES string of the molecule is Cc1cc(C(=O)NS(C)(=O)=O)c(F)cc1-c1cnc(Oc2ccc(C)c(F)c2F)c(Cl)c1. The van der Waals surface area contributed by atoms with Crippen LogP contribution in [0.2, 0.25) is 5.02 Å². The van der Waals surface area contributed by atoms with E-state index in [9.17, 15) is 26.4 Å². The van der Waals surface area contributed by atoms with Gasteiger partial charge in [-0.1, -0.05) is 17.7 Å². The molecule has 0 atom stereocenters. The van der Waals surface area contributed by atoms with Crippen molar-refractivity contribution in [1.29, 1.82) is 0 Å². The summed E-state index contributed by atoms with van der Waals surface area (Å²) in [7, 11) is -3.87. The molecule has 1 aromatic heterocycles. The van der Waals surface area contributed by atoms with Crippen LogP contribution in [0.4, 0.5) is 13.2 Å². The number of aryl methyl sites for hydroxylation is 2. The van der Waals surface area contributed by atoms with E-state index in [0.717, 1.165) is 12.3 Å². The largest absolute Gasteiger partial charge is 0.434 e. The predicted molar refractivity (Wildman–Crippen MR) is 113 cm³/mol. The molecular formula is C21H16ClF3N2O4S. The van der Waals surface area contributed by atoms with Crippen molar-refractivity contribution in [2.75, 3.05) is 6.26 Å². The van der Waals surface area contributed by atoms with Gasteiger partial charge >= 0.3 is 0 Å². The Labute approximate surface area is 187 Å². The minimum atomic E-state index is -3.87. The summed E-state index contributed by atoms with van der Waals surface area (Å²) in [6, 6.07) is 6.18. The van der Waals surface area contributed by atoms with E-state index < -0.39 is 44.7 Å². The molecular weight excluding hydrogens is 469 g/mol. The van der Waals surface area contributed by atoms with E-state index in [4.69, 9.17) is 16.3 Å². The topological polar surface area (TPSA) is 85.4 Å². The van der Waals surface area contributed by atoms with Crippen LogP contribution in [-0.4, -0.2) is 25.6 Å². The summed E-state index contributed by atoms with van der Waals surface area (Å²) in [4.78, 5) is 16.0. The lowest BCUT2D eigenvalue weighted by atomic mass is 9.99. The molecule has 0 aliphatic heterocycles. The van der Waals surface area contributed by atoms with Crippen LogP contribution in [-0.2, 0) is 10.0 Å².